The summed E-state index contributed by atoms with van der Waals surface area (Å²) in [7, 11) is -3.43. The predicted molar refractivity (Wildman–Crippen MR) is 105 cm³/mol. The molecule has 26 heavy (non-hydrogen) atoms. The van der Waals surface area contributed by atoms with Crippen molar-refractivity contribution in [3.05, 3.63) is 46.3 Å². The van der Waals surface area contributed by atoms with Gasteiger partial charge < -0.3 is 5.32 Å². The van der Waals surface area contributed by atoms with Gasteiger partial charge in [0, 0.05) is 23.7 Å². The summed E-state index contributed by atoms with van der Waals surface area (Å²) in [5, 5.41) is 2.92. The minimum Gasteiger partial charge on any atom is -0.326 e. The lowest BCUT2D eigenvalue weighted by molar-refractivity contribution is -0.115. The minimum absolute atomic E-state index is 0.137. The smallest absolute Gasteiger partial charge is 0.252 e. The molecule has 1 N–H and O–H groups in total. The molecule has 1 amide bonds. The Kier molecular flexibility index (Phi) is 5.79. The van der Waals surface area contributed by atoms with Crippen LogP contribution in [0.2, 0.25) is 0 Å². The van der Waals surface area contributed by atoms with E-state index in [1.54, 1.807) is 16.4 Å². The molecule has 3 rings (SSSR count). The van der Waals surface area contributed by atoms with Crippen molar-refractivity contribution in [1.29, 1.82) is 0 Å². The zero-order valence-electron chi connectivity index (χ0n) is 15.1. The molecule has 5 nitrogen and oxygen atoms in total. The molecule has 0 unspecified atom stereocenters. The minimum atomic E-state index is -3.43. The summed E-state index contributed by atoms with van der Waals surface area (Å²) in [6.07, 6.45) is 3.08. The Labute approximate surface area is 159 Å². The number of rotatable bonds is 5. The van der Waals surface area contributed by atoms with Crippen LogP contribution in [0.25, 0.3) is 0 Å². The fraction of sp³-hybridized carbons (Fsp3) is 0.421. The maximum absolute atomic E-state index is 12.7. The van der Waals surface area contributed by atoms with Gasteiger partial charge in [-0.3, -0.25) is 4.79 Å². The number of carbonyl (C=O) groups is 1. The summed E-state index contributed by atoms with van der Waals surface area (Å²) >= 11 is 1.19. The Morgan fingerprint density at radius 3 is 2.58 bits per heavy atom. The van der Waals surface area contributed by atoms with Crippen molar-refractivity contribution in [2.24, 2.45) is 0 Å². The van der Waals surface area contributed by atoms with Gasteiger partial charge in [-0.25, -0.2) is 8.42 Å². The largest absolute Gasteiger partial charge is 0.326 e. The van der Waals surface area contributed by atoms with Crippen molar-refractivity contribution in [1.82, 2.24) is 4.31 Å². The lowest BCUT2D eigenvalue weighted by Crippen LogP contribution is -2.35. The Balaban J connectivity index is 1.68. The number of aryl methyl sites for hydroxylation is 2. The van der Waals surface area contributed by atoms with E-state index >= 15 is 0 Å². The van der Waals surface area contributed by atoms with E-state index in [0.717, 1.165) is 41.0 Å². The highest BCUT2D eigenvalue weighted by atomic mass is 32.2. The molecule has 7 heteroatoms. The molecular weight excluding hydrogens is 368 g/mol. The van der Waals surface area contributed by atoms with Gasteiger partial charge in [0.1, 0.15) is 4.21 Å². The van der Waals surface area contributed by atoms with E-state index in [4.69, 9.17) is 0 Å². The van der Waals surface area contributed by atoms with Crippen LogP contribution in [-0.4, -0.2) is 31.7 Å². The molecule has 1 fully saturated rings. The van der Waals surface area contributed by atoms with Crippen LogP contribution in [-0.2, 0) is 21.2 Å². The summed E-state index contributed by atoms with van der Waals surface area (Å²) in [5.41, 5.74) is 2.88. The number of anilines is 1. The molecular formula is C19H24N2O3S2. The van der Waals surface area contributed by atoms with Crippen LogP contribution < -0.4 is 5.32 Å². The molecule has 140 valence electrons. The second-order valence-electron chi connectivity index (χ2n) is 6.73. The first kappa shape index (κ1) is 19.1. The molecule has 2 aromatic rings. The highest BCUT2D eigenvalue weighted by Crippen LogP contribution is 2.27. The normalized spacial score (nSPS) is 15.8. The van der Waals surface area contributed by atoms with Gasteiger partial charge in [-0.1, -0.05) is 18.6 Å². The summed E-state index contributed by atoms with van der Waals surface area (Å²) < 4.78 is 27.3. The first-order valence-corrected chi connectivity index (χ1v) is 11.1. The van der Waals surface area contributed by atoms with Crippen molar-refractivity contribution >= 4 is 33.0 Å². The first-order chi connectivity index (χ1) is 12.4. The lowest BCUT2D eigenvalue weighted by Gasteiger charge is -2.25. The maximum atomic E-state index is 12.7. The summed E-state index contributed by atoms with van der Waals surface area (Å²) in [5.74, 6) is -0.137. The summed E-state index contributed by atoms with van der Waals surface area (Å²) in [6.45, 7) is 5.10. The topological polar surface area (TPSA) is 66.5 Å². The Bertz CT molecular complexity index is 897. The van der Waals surface area contributed by atoms with Crippen LogP contribution in [0.5, 0.6) is 0 Å². The van der Waals surface area contributed by atoms with E-state index < -0.39 is 10.0 Å². The summed E-state index contributed by atoms with van der Waals surface area (Å²) in [6, 6.07) is 9.27. The summed E-state index contributed by atoms with van der Waals surface area (Å²) in [4.78, 5) is 13.1. The van der Waals surface area contributed by atoms with Gasteiger partial charge in [-0.15, -0.1) is 11.3 Å². The van der Waals surface area contributed by atoms with Crippen LogP contribution in [0.3, 0.4) is 0 Å². The molecule has 1 saturated heterocycles. The number of piperidine rings is 1. The second kappa shape index (κ2) is 7.90. The van der Waals surface area contributed by atoms with Crippen LogP contribution in [0.1, 0.15) is 35.3 Å². The van der Waals surface area contributed by atoms with Gasteiger partial charge >= 0.3 is 0 Å². The number of sulfonamides is 1. The van der Waals surface area contributed by atoms with Crippen molar-refractivity contribution in [3.63, 3.8) is 0 Å². The van der Waals surface area contributed by atoms with Gasteiger partial charge in [0.25, 0.3) is 10.0 Å². The van der Waals surface area contributed by atoms with E-state index in [1.807, 2.05) is 32.0 Å². The number of hydrogen-bond acceptors (Lipinski definition) is 4. The number of carbonyl (C=O) groups excluding carboxylic acids is 1. The highest BCUT2D eigenvalue weighted by molar-refractivity contribution is 7.91. The van der Waals surface area contributed by atoms with Gasteiger partial charge in [0.05, 0.1) is 6.42 Å². The molecule has 1 aliphatic heterocycles. The van der Waals surface area contributed by atoms with Crippen molar-refractivity contribution in [2.45, 2.75) is 43.7 Å². The van der Waals surface area contributed by atoms with E-state index in [2.05, 4.69) is 5.32 Å². The molecule has 1 aliphatic rings. The average Bonchev–Trinajstić information content (AvgIpc) is 3.08. The number of benzene rings is 1. The number of amides is 1. The third kappa shape index (κ3) is 4.34. The average molecular weight is 393 g/mol. The van der Waals surface area contributed by atoms with Crippen LogP contribution in [0, 0.1) is 13.8 Å². The standard InChI is InChI=1S/C19H24N2O3S2/c1-14-6-7-15(2)17(12-14)20-18(22)13-16-8-9-19(25-16)26(23,24)21-10-4-3-5-11-21/h6-9,12H,3-5,10-11,13H2,1-2H3,(H,20,22). The van der Waals surface area contributed by atoms with E-state index in [0.29, 0.717) is 17.3 Å². The number of hydrogen-bond donors (Lipinski definition) is 1. The third-order valence-electron chi connectivity index (χ3n) is 4.55. The molecule has 0 aliphatic carbocycles. The zero-order chi connectivity index (χ0) is 18.7. The monoisotopic (exact) mass is 392 g/mol. The molecule has 2 heterocycles. The SMILES string of the molecule is Cc1ccc(C)c(NC(=O)Cc2ccc(S(=O)(=O)N3CCCCC3)s2)c1. The Morgan fingerprint density at radius 1 is 1.12 bits per heavy atom. The van der Waals surface area contributed by atoms with Crippen molar-refractivity contribution in [2.75, 3.05) is 18.4 Å². The third-order valence-corrected chi connectivity index (χ3v) is 8.00. The van der Waals surface area contributed by atoms with E-state index in [9.17, 15) is 13.2 Å². The highest BCUT2D eigenvalue weighted by Gasteiger charge is 2.27. The number of nitrogens with one attached hydrogen (secondary N) is 1. The van der Waals surface area contributed by atoms with Gasteiger partial charge in [0.15, 0.2) is 0 Å². The van der Waals surface area contributed by atoms with E-state index in [1.165, 1.54) is 11.3 Å². The first-order valence-electron chi connectivity index (χ1n) is 8.82. The molecule has 0 bridgehead atoms. The van der Waals surface area contributed by atoms with Crippen LogP contribution in [0.15, 0.2) is 34.5 Å². The van der Waals surface area contributed by atoms with Gasteiger partial charge in [0.2, 0.25) is 5.91 Å². The molecule has 1 aromatic carbocycles. The Morgan fingerprint density at radius 2 is 1.85 bits per heavy atom. The Hall–Kier alpha value is -1.70. The molecule has 0 saturated carbocycles. The van der Waals surface area contributed by atoms with Crippen LogP contribution in [0.4, 0.5) is 5.69 Å². The second-order valence-corrected chi connectivity index (χ2v) is 10.1. The van der Waals surface area contributed by atoms with Gasteiger partial charge in [-0.05, 0) is 56.0 Å². The fourth-order valence-corrected chi connectivity index (χ4v) is 6.07. The fourth-order valence-electron chi connectivity index (χ4n) is 3.05. The van der Waals surface area contributed by atoms with Crippen LogP contribution >= 0.6 is 11.3 Å². The molecule has 0 radical (unpaired) electrons. The maximum Gasteiger partial charge on any atom is 0.252 e. The van der Waals surface area contributed by atoms with Gasteiger partial charge in [-0.2, -0.15) is 4.31 Å². The van der Waals surface area contributed by atoms with Crippen molar-refractivity contribution in [3.8, 4) is 0 Å². The molecule has 1 aromatic heterocycles. The molecule has 0 atom stereocenters. The van der Waals surface area contributed by atoms with Crippen molar-refractivity contribution < 1.29 is 13.2 Å². The number of nitrogens with zero attached hydrogens (tertiary/aromatic N) is 1. The predicted octanol–water partition coefficient (Wildman–Crippen LogP) is 3.72. The lowest BCUT2D eigenvalue weighted by atomic mass is 10.1. The quantitative estimate of drug-likeness (QED) is 0.843. The molecule has 0 spiro atoms. The van der Waals surface area contributed by atoms with E-state index in [-0.39, 0.29) is 12.3 Å². The zero-order valence-corrected chi connectivity index (χ0v) is 16.8. The number of thiophene rings is 1.